The first-order chi connectivity index (χ1) is 24.5. The van der Waals surface area contributed by atoms with Crippen molar-refractivity contribution in [3.8, 4) is 0 Å². The van der Waals surface area contributed by atoms with Gasteiger partial charge in [0, 0.05) is 34.6 Å². The van der Waals surface area contributed by atoms with Crippen molar-refractivity contribution >= 4 is 50.7 Å². The van der Waals surface area contributed by atoms with Crippen LogP contribution >= 0.6 is 23.2 Å². The van der Waals surface area contributed by atoms with E-state index in [1.54, 1.807) is 18.2 Å². The van der Waals surface area contributed by atoms with Crippen molar-refractivity contribution in [1.82, 2.24) is 10.2 Å². The predicted molar refractivity (Wildman–Crippen MR) is 204 cm³/mol. The summed E-state index contributed by atoms with van der Waals surface area (Å²) in [6.07, 6.45) is 14.0. The van der Waals surface area contributed by atoms with Gasteiger partial charge in [-0.15, -0.1) is 0 Å². The number of nitrogens with one attached hydrogen (secondary N) is 1. The van der Waals surface area contributed by atoms with Crippen LogP contribution in [0.5, 0.6) is 0 Å². The third-order valence-corrected chi connectivity index (χ3v) is 13.9. The molecule has 0 radical (unpaired) electrons. The van der Waals surface area contributed by atoms with E-state index in [1.807, 2.05) is 42.5 Å². The minimum Gasteiger partial charge on any atom is -0.352 e. The van der Waals surface area contributed by atoms with Gasteiger partial charge in [-0.2, -0.15) is 0 Å². The van der Waals surface area contributed by atoms with Gasteiger partial charge in [0.15, 0.2) is 0 Å². The summed E-state index contributed by atoms with van der Waals surface area (Å²) in [5.41, 5.74) is 3.26. The second-order valence-electron chi connectivity index (χ2n) is 15.8. The van der Waals surface area contributed by atoms with Crippen LogP contribution in [0.3, 0.4) is 0 Å². The highest BCUT2D eigenvalue weighted by atomic mass is 35.5. The van der Waals surface area contributed by atoms with Crippen LogP contribution in [0.25, 0.3) is 0 Å². The largest absolute Gasteiger partial charge is 0.352 e. The first-order valence-electron chi connectivity index (χ1n) is 18.6. The Hall–Kier alpha value is -3.07. The van der Waals surface area contributed by atoms with Crippen molar-refractivity contribution < 1.29 is 18.0 Å². The predicted octanol–water partition coefficient (Wildman–Crippen LogP) is 8.32. The van der Waals surface area contributed by atoms with Crippen LogP contribution in [0, 0.1) is 17.8 Å². The number of rotatable bonds is 12. The lowest BCUT2D eigenvalue weighted by atomic mass is 9.48. The summed E-state index contributed by atoms with van der Waals surface area (Å²) in [6.45, 7) is -0.533. The molecule has 0 aliphatic heterocycles. The third-order valence-electron chi connectivity index (χ3n) is 12.1. The fraction of sp³-hybridized carbons (Fsp3) is 0.512. The summed E-state index contributed by atoms with van der Waals surface area (Å²) in [4.78, 5) is 30.4. The van der Waals surface area contributed by atoms with Gasteiger partial charge in [-0.05, 0) is 110 Å². The summed E-state index contributed by atoms with van der Waals surface area (Å²) in [5.74, 6) is 1.59. The Kier molecular flexibility index (Phi) is 10.8. The zero-order valence-electron chi connectivity index (χ0n) is 29.4. The minimum absolute atomic E-state index is 0.0189. The Morgan fingerprint density at radius 2 is 1.41 bits per heavy atom. The maximum atomic E-state index is 14.7. The van der Waals surface area contributed by atoms with Crippen molar-refractivity contribution in [3.63, 3.8) is 0 Å². The Morgan fingerprint density at radius 3 is 1.98 bits per heavy atom. The van der Waals surface area contributed by atoms with Crippen LogP contribution in [0.4, 0.5) is 5.69 Å². The van der Waals surface area contributed by atoms with Gasteiger partial charge in [0.2, 0.25) is 21.8 Å². The Morgan fingerprint density at radius 1 is 0.824 bits per heavy atom. The van der Waals surface area contributed by atoms with E-state index in [0.29, 0.717) is 21.3 Å². The number of carbonyl (C=O) groups excluding carboxylic acids is 2. The maximum Gasteiger partial charge on any atom is 0.244 e. The smallest absolute Gasteiger partial charge is 0.244 e. The third kappa shape index (κ3) is 8.13. The summed E-state index contributed by atoms with van der Waals surface area (Å²) in [5, 5.41) is 3.97. The molecule has 51 heavy (non-hydrogen) atoms. The zero-order chi connectivity index (χ0) is 35.8. The number of nitrogens with zero attached hydrogens (tertiary/aromatic N) is 2. The lowest BCUT2D eigenvalue weighted by molar-refractivity contribution is -0.140. The SMILES string of the molecule is CS(=O)(=O)N(CC(=O)N(Cc1c(Cl)cccc1Cl)[C@@H](Cc1ccccc1)C(=O)NC1CCCCC1)c1ccc(C23CC4CC(CC(C4)C2)C3)cc1. The molecule has 5 aliphatic rings. The average Bonchev–Trinajstić information content (AvgIpc) is 3.09. The first kappa shape index (κ1) is 36.3. The number of amides is 2. The number of hydrogen-bond donors (Lipinski definition) is 1. The molecular weight excluding hydrogens is 701 g/mol. The summed E-state index contributed by atoms with van der Waals surface area (Å²) < 4.78 is 28.1. The lowest BCUT2D eigenvalue weighted by Crippen LogP contribution is -2.55. The molecule has 5 saturated carbocycles. The fourth-order valence-electron chi connectivity index (χ4n) is 10.0. The second kappa shape index (κ2) is 15.1. The highest BCUT2D eigenvalue weighted by molar-refractivity contribution is 7.92. The van der Waals surface area contributed by atoms with Crippen LogP contribution in [-0.2, 0) is 38.0 Å². The molecule has 5 aliphatic carbocycles. The van der Waals surface area contributed by atoms with Crippen molar-refractivity contribution in [1.29, 1.82) is 0 Å². The summed E-state index contributed by atoms with van der Waals surface area (Å²) in [7, 11) is -3.89. The maximum absolute atomic E-state index is 14.7. The molecule has 1 atom stereocenters. The van der Waals surface area contributed by atoms with Crippen molar-refractivity contribution in [2.45, 2.75) is 101 Å². The number of carbonyl (C=O) groups is 2. The molecule has 3 aromatic rings. The molecule has 4 bridgehead atoms. The molecule has 1 N–H and O–H groups in total. The van der Waals surface area contributed by atoms with Gasteiger partial charge >= 0.3 is 0 Å². The minimum atomic E-state index is -3.89. The van der Waals surface area contributed by atoms with Gasteiger partial charge in [-0.1, -0.05) is 91.0 Å². The quantitative estimate of drug-likeness (QED) is 0.202. The van der Waals surface area contributed by atoms with Crippen molar-refractivity contribution in [3.05, 3.63) is 99.5 Å². The van der Waals surface area contributed by atoms with E-state index in [0.717, 1.165) is 61.7 Å². The van der Waals surface area contributed by atoms with Gasteiger partial charge in [0.05, 0.1) is 11.9 Å². The lowest BCUT2D eigenvalue weighted by Gasteiger charge is -2.57. The van der Waals surface area contributed by atoms with Crippen LogP contribution in [-0.4, -0.2) is 50.0 Å². The van der Waals surface area contributed by atoms with Gasteiger partial charge in [-0.25, -0.2) is 8.42 Å². The zero-order valence-corrected chi connectivity index (χ0v) is 31.7. The monoisotopic (exact) mass is 749 g/mol. The molecular formula is C41H49Cl2N3O4S. The average molecular weight is 751 g/mol. The van der Waals surface area contributed by atoms with E-state index in [4.69, 9.17) is 23.2 Å². The number of hydrogen-bond acceptors (Lipinski definition) is 4. The molecule has 2 amide bonds. The molecule has 3 aromatic carbocycles. The standard InChI is InChI=1S/C41H49Cl2N3O4S/c1-51(49,50)46(34-17-15-32(16-18-34)41-23-29-19-30(24-41)21-31(20-29)25-41)27-39(47)45(26-35-36(42)13-8-14-37(35)43)38(22-28-9-4-2-5-10-28)40(48)44-33-11-6-3-7-12-33/h2,4-5,8-10,13-18,29-31,33,38H,3,6-7,11-12,19-27H2,1H3,(H,44,48)/t29?,30?,31?,38-,41?/m0/s1. The molecule has 0 heterocycles. The highest BCUT2D eigenvalue weighted by Gasteiger charge is 2.51. The van der Waals surface area contributed by atoms with Crippen molar-refractivity contribution in [2.24, 2.45) is 17.8 Å². The molecule has 8 rings (SSSR count). The number of halogens is 2. The van der Waals surface area contributed by atoms with E-state index in [1.165, 1.54) is 53.3 Å². The van der Waals surface area contributed by atoms with Gasteiger partial charge < -0.3 is 10.2 Å². The molecule has 10 heteroatoms. The molecule has 5 fully saturated rings. The molecule has 0 aromatic heterocycles. The molecule has 7 nitrogen and oxygen atoms in total. The van der Waals surface area contributed by atoms with Gasteiger partial charge in [-0.3, -0.25) is 13.9 Å². The normalized spacial score (nSPS) is 25.0. The van der Waals surface area contributed by atoms with Crippen LogP contribution in [0.15, 0.2) is 72.8 Å². The Bertz CT molecular complexity index is 1770. The summed E-state index contributed by atoms with van der Waals surface area (Å²) in [6, 6.07) is 21.7. The number of benzene rings is 3. The van der Waals surface area contributed by atoms with E-state index < -0.39 is 28.5 Å². The second-order valence-corrected chi connectivity index (χ2v) is 18.5. The fourth-order valence-corrected chi connectivity index (χ4v) is 11.4. The van der Waals surface area contributed by atoms with Crippen LogP contribution in [0.2, 0.25) is 10.0 Å². The van der Waals surface area contributed by atoms with E-state index in [2.05, 4.69) is 17.4 Å². The number of anilines is 1. The van der Waals surface area contributed by atoms with E-state index in [9.17, 15) is 18.0 Å². The topological polar surface area (TPSA) is 86.8 Å². The van der Waals surface area contributed by atoms with E-state index >= 15 is 0 Å². The van der Waals surface area contributed by atoms with Crippen LogP contribution in [0.1, 0.15) is 87.3 Å². The molecule has 272 valence electrons. The van der Waals surface area contributed by atoms with Gasteiger partial charge in [0.25, 0.3) is 0 Å². The summed E-state index contributed by atoms with van der Waals surface area (Å²) >= 11 is 13.3. The molecule has 0 saturated heterocycles. The Balaban J connectivity index is 1.20. The first-order valence-corrected chi connectivity index (χ1v) is 21.2. The van der Waals surface area contributed by atoms with Crippen molar-refractivity contribution in [2.75, 3.05) is 17.1 Å². The van der Waals surface area contributed by atoms with Gasteiger partial charge in [0.1, 0.15) is 12.6 Å². The molecule has 0 unspecified atom stereocenters. The van der Waals surface area contributed by atoms with Crippen LogP contribution < -0.4 is 9.62 Å². The number of sulfonamides is 1. The molecule has 0 spiro atoms. The van der Waals surface area contributed by atoms with E-state index in [-0.39, 0.29) is 30.3 Å². The Labute approximate surface area is 313 Å². The highest BCUT2D eigenvalue weighted by Crippen LogP contribution is 2.60.